The Hall–Kier alpha value is -0.110. The van der Waals surface area contributed by atoms with Crippen LogP contribution < -0.4 is 0 Å². The normalized spacial score (nSPS) is 24.7. The molecule has 0 unspecified atom stereocenters. The third-order valence-electron chi connectivity index (χ3n) is 2.23. The van der Waals surface area contributed by atoms with Crippen molar-refractivity contribution in [2.24, 2.45) is 5.41 Å². The molecule has 0 aliphatic heterocycles. The Bertz CT molecular complexity index is 191. The van der Waals surface area contributed by atoms with Gasteiger partial charge in [0.05, 0.1) is 0 Å². The van der Waals surface area contributed by atoms with E-state index < -0.39 is 5.92 Å². The fourth-order valence-electron chi connectivity index (χ4n) is 1.95. The predicted molar refractivity (Wildman–Crippen MR) is 46.8 cm³/mol. The van der Waals surface area contributed by atoms with Gasteiger partial charge in [-0.25, -0.2) is 8.78 Å². The minimum atomic E-state index is -2.48. The zero-order chi connectivity index (χ0) is 9.41. The van der Waals surface area contributed by atoms with Crippen LogP contribution in [-0.4, -0.2) is 11.8 Å². The molecule has 0 bridgehead atoms. The Morgan fingerprint density at radius 1 is 1.50 bits per heavy atom. The van der Waals surface area contributed by atoms with Crippen LogP contribution >= 0.6 is 11.6 Å². The van der Waals surface area contributed by atoms with Gasteiger partial charge in [-0.15, -0.1) is 18.2 Å². The van der Waals surface area contributed by atoms with Crippen LogP contribution in [0.1, 0.15) is 26.2 Å². The molecule has 0 atom stereocenters. The van der Waals surface area contributed by atoms with Crippen LogP contribution in [0.2, 0.25) is 0 Å². The van der Waals surface area contributed by atoms with E-state index >= 15 is 0 Å². The summed E-state index contributed by atoms with van der Waals surface area (Å²) in [5.74, 6) is -2.17. The summed E-state index contributed by atoms with van der Waals surface area (Å²) in [5.41, 5.74) is 0.572. The van der Waals surface area contributed by atoms with Crippen molar-refractivity contribution in [3.63, 3.8) is 0 Å². The first-order valence-corrected chi connectivity index (χ1v) is 4.51. The topological polar surface area (TPSA) is 0 Å². The van der Waals surface area contributed by atoms with Gasteiger partial charge in [0.15, 0.2) is 0 Å². The Balaban J connectivity index is 2.53. The predicted octanol–water partition coefficient (Wildman–Crippen LogP) is 3.61. The number of halogens is 3. The average molecular weight is 195 g/mol. The Morgan fingerprint density at radius 2 is 2.00 bits per heavy atom. The number of hydrogen-bond donors (Lipinski definition) is 0. The van der Waals surface area contributed by atoms with Gasteiger partial charge in [-0.1, -0.05) is 5.57 Å². The molecule has 70 valence electrons. The van der Waals surface area contributed by atoms with Crippen molar-refractivity contribution in [1.82, 2.24) is 0 Å². The molecule has 12 heavy (non-hydrogen) atoms. The second-order valence-electron chi connectivity index (χ2n) is 3.98. The highest BCUT2D eigenvalue weighted by atomic mass is 35.5. The summed E-state index contributed by atoms with van der Waals surface area (Å²) in [4.78, 5) is 0. The van der Waals surface area contributed by atoms with E-state index in [1.165, 1.54) is 0 Å². The fraction of sp³-hybridized carbons (Fsp3) is 0.778. The van der Waals surface area contributed by atoms with Gasteiger partial charge in [0, 0.05) is 18.7 Å². The molecule has 0 spiro atoms. The first kappa shape index (κ1) is 9.97. The van der Waals surface area contributed by atoms with E-state index in [-0.39, 0.29) is 18.3 Å². The van der Waals surface area contributed by atoms with E-state index in [9.17, 15) is 8.78 Å². The molecule has 1 aliphatic carbocycles. The molecule has 0 nitrogen and oxygen atoms in total. The van der Waals surface area contributed by atoms with Gasteiger partial charge in [-0.2, -0.15) is 0 Å². The van der Waals surface area contributed by atoms with Gasteiger partial charge in [0.2, 0.25) is 5.92 Å². The molecule has 0 aromatic heterocycles. The number of hydrogen-bond acceptors (Lipinski definition) is 0. The van der Waals surface area contributed by atoms with Gasteiger partial charge in [0.25, 0.3) is 0 Å². The standard InChI is InChI=1S/C9H13ClF2/c1-7(2)3-8(6-10)4-9(11,12)5-8/h1,3-6H2,2H3. The van der Waals surface area contributed by atoms with Crippen molar-refractivity contribution < 1.29 is 8.78 Å². The summed E-state index contributed by atoms with van der Waals surface area (Å²) in [5, 5.41) is 0. The summed E-state index contributed by atoms with van der Waals surface area (Å²) >= 11 is 5.66. The van der Waals surface area contributed by atoms with Crippen LogP contribution in [0, 0.1) is 5.41 Å². The van der Waals surface area contributed by atoms with Gasteiger partial charge < -0.3 is 0 Å². The summed E-state index contributed by atoms with van der Waals surface area (Å²) in [6, 6.07) is 0. The van der Waals surface area contributed by atoms with Crippen molar-refractivity contribution in [3.05, 3.63) is 12.2 Å². The Kier molecular flexibility index (Phi) is 2.48. The lowest BCUT2D eigenvalue weighted by atomic mass is 9.64. The van der Waals surface area contributed by atoms with Crippen LogP contribution in [0.25, 0.3) is 0 Å². The minimum Gasteiger partial charge on any atom is -0.207 e. The zero-order valence-electron chi connectivity index (χ0n) is 7.17. The van der Waals surface area contributed by atoms with Crippen LogP contribution in [0.5, 0.6) is 0 Å². The molecule has 0 heterocycles. The van der Waals surface area contributed by atoms with Gasteiger partial charge in [0.1, 0.15) is 0 Å². The van der Waals surface area contributed by atoms with Gasteiger partial charge in [-0.3, -0.25) is 0 Å². The highest BCUT2D eigenvalue weighted by Gasteiger charge is 2.55. The SMILES string of the molecule is C=C(C)CC1(CCl)CC(F)(F)C1. The van der Waals surface area contributed by atoms with E-state index in [0.717, 1.165) is 5.57 Å². The average Bonchev–Trinajstić information content (AvgIpc) is 1.81. The zero-order valence-corrected chi connectivity index (χ0v) is 7.93. The summed E-state index contributed by atoms with van der Waals surface area (Å²) in [7, 11) is 0. The maximum Gasteiger partial charge on any atom is 0.249 e. The minimum absolute atomic E-state index is 0.0731. The Morgan fingerprint density at radius 3 is 2.25 bits per heavy atom. The maximum atomic E-state index is 12.6. The van der Waals surface area contributed by atoms with Crippen molar-refractivity contribution in [3.8, 4) is 0 Å². The lowest BCUT2D eigenvalue weighted by molar-refractivity contribution is -0.151. The van der Waals surface area contributed by atoms with Crippen molar-refractivity contribution in [2.75, 3.05) is 5.88 Å². The first-order chi connectivity index (χ1) is 5.39. The van der Waals surface area contributed by atoms with Gasteiger partial charge >= 0.3 is 0 Å². The lowest BCUT2D eigenvalue weighted by Gasteiger charge is -2.46. The molecule has 1 rings (SSSR count). The number of allylic oxidation sites excluding steroid dienone is 1. The van der Waals surface area contributed by atoms with E-state index in [4.69, 9.17) is 11.6 Å². The highest BCUT2D eigenvalue weighted by Crippen LogP contribution is 2.55. The molecule has 1 saturated carbocycles. The first-order valence-electron chi connectivity index (χ1n) is 3.97. The summed E-state index contributed by atoms with van der Waals surface area (Å²) < 4.78 is 25.2. The molecule has 0 N–H and O–H groups in total. The number of alkyl halides is 3. The third kappa shape index (κ3) is 1.98. The summed E-state index contributed by atoms with van der Waals surface area (Å²) in [6.07, 6.45) is 0.485. The van der Waals surface area contributed by atoms with Crippen molar-refractivity contribution >= 4 is 11.6 Å². The summed E-state index contributed by atoms with van der Waals surface area (Å²) in [6.45, 7) is 5.57. The molecule has 3 heteroatoms. The van der Waals surface area contributed by atoms with E-state index in [1.807, 2.05) is 6.92 Å². The Labute approximate surface area is 76.6 Å². The second-order valence-corrected chi connectivity index (χ2v) is 4.24. The third-order valence-corrected chi connectivity index (χ3v) is 2.79. The van der Waals surface area contributed by atoms with E-state index in [1.54, 1.807) is 0 Å². The lowest BCUT2D eigenvalue weighted by Crippen LogP contribution is -2.47. The molecule has 1 fully saturated rings. The highest BCUT2D eigenvalue weighted by molar-refractivity contribution is 6.18. The molecular formula is C9H13ClF2. The molecular weight excluding hydrogens is 182 g/mol. The van der Waals surface area contributed by atoms with E-state index in [2.05, 4.69) is 6.58 Å². The second kappa shape index (κ2) is 2.99. The quantitative estimate of drug-likeness (QED) is 0.476. The fourth-order valence-corrected chi connectivity index (χ4v) is 2.24. The largest absolute Gasteiger partial charge is 0.249 e. The van der Waals surface area contributed by atoms with Crippen LogP contribution in [-0.2, 0) is 0 Å². The van der Waals surface area contributed by atoms with Crippen LogP contribution in [0.15, 0.2) is 12.2 Å². The maximum absolute atomic E-state index is 12.6. The molecule has 0 radical (unpaired) electrons. The van der Waals surface area contributed by atoms with Crippen molar-refractivity contribution in [1.29, 1.82) is 0 Å². The molecule has 1 aliphatic rings. The molecule has 0 amide bonds. The van der Waals surface area contributed by atoms with Crippen LogP contribution in [0.4, 0.5) is 8.78 Å². The molecule has 0 aromatic carbocycles. The monoisotopic (exact) mass is 194 g/mol. The smallest absolute Gasteiger partial charge is 0.207 e. The molecule has 0 saturated heterocycles. The van der Waals surface area contributed by atoms with Gasteiger partial charge in [-0.05, 0) is 18.8 Å². The van der Waals surface area contributed by atoms with Crippen molar-refractivity contribution in [2.45, 2.75) is 32.1 Å². The van der Waals surface area contributed by atoms with Crippen LogP contribution in [0.3, 0.4) is 0 Å². The number of rotatable bonds is 3. The van der Waals surface area contributed by atoms with E-state index in [0.29, 0.717) is 12.3 Å². The molecule has 0 aromatic rings.